The Morgan fingerprint density at radius 1 is 1.09 bits per heavy atom. The minimum absolute atomic E-state index is 0.0293. The van der Waals surface area contributed by atoms with E-state index in [2.05, 4.69) is 4.90 Å². The van der Waals surface area contributed by atoms with Crippen LogP contribution in [-0.4, -0.2) is 59.9 Å². The number of rotatable bonds is 6. The molecule has 8 nitrogen and oxygen atoms in total. The van der Waals surface area contributed by atoms with Gasteiger partial charge in [0.05, 0.1) is 22.5 Å². The molecule has 3 heterocycles. The van der Waals surface area contributed by atoms with Crippen molar-refractivity contribution in [1.29, 1.82) is 0 Å². The number of fused-ring (bicyclic) bond motifs is 1. The number of nitrogens with zero attached hydrogens (tertiary/aromatic N) is 2. The highest BCUT2D eigenvalue weighted by Gasteiger charge is 2.40. The van der Waals surface area contributed by atoms with Crippen molar-refractivity contribution < 1.29 is 32.1 Å². The zero-order valence-corrected chi connectivity index (χ0v) is 17.8. The maximum absolute atomic E-state index is 13.2. The number of hydrogen-bond donors (Lipinski definition) is 1. The van der Waals surface area contributed by atoms with Gasteiger partial charge in [-0.2, -0.15) is 0 Å². The molecule has 3 aliphatic heterocycles. The maximum Gasteiger partial charge on any atom is 0.255 e. The molecule has 0 aromatic heterocycles. The molecule has 1 atom stereocenters. The topological polar surface area (TPSA) is 88.2 Å². The molecule has 3 amide bonds. The summed E-state index contributed by atoms with van der Waals surface area (Å²) in [5.74, 6) is -3.26. The number of benzene rings is 2. The highest BCUT2D eigenvalue weighted by atomic mass is 16.5. The Labute approximate surface area is 200 Å². The summed E-state index contributed by atoms with van der Waals surface area (Å²) < 4.78 is 60.5. The molecule has 1 N–H and O–H groups in total. The molecular formula is C25H27N3O5. The van der Waals surface area contributed by atoms with E-state index >= 15 is 0 Å². The molecule has 2 aromatic carbocycles. The van der Waals surface area contributed by atoms with Crippen LogP contribution in [0.2, 0.25) is 0 Å². The summed E-state index contributed by atoms with van der Waals surface area (Å²) in [6.07, 6.45) is -6.08. The number of imide groups is 1. The Morgan fingerprint density at radius 3 is 2.64 bits per heavy atom. The highest BCUT2D eigenvalue weighted by Crippen LogP contribution is 2.34. The molecule has 2 fully saturated rings. The molecule has 0 radical (unpaired) electrons. The second-order valence-corrected chi connectivity index (χ2v) is 8.00. The van der Waals surface area contributed by atoms with Crippen LogP contribution in [-0.2, 0) is 34.0 Å². The first-order valence-electron chi connectivity index (χ1n) is 13.7. The lowest BCUT2D eigenvalue weighted by atomic mass is 10.0. The van der Waals surface area contributed by atoms with Gasteiger partial charge in [-0.15, -0.1) is 0 Å². The third-order valence-corrected chi connectivity index (χ3v) is 5.81. The number of carbonyl (C=O) groups is 3. The van der Waals surface area contributed by atoms with E-state index in [0.29, 0.717) is 19.8 Å². The van der Waals surface area contributed by atoms with Crippen LogP contribution in [0.1, 0.15) is 48.0 Å². The first-order chi connectivity index (χ1) is 18.3. The molecule has 1 unspecified atom stereocenters. The standard InChI is InChI=1S/C25H27N3O5/c29-23-9-8-21(24(30)26-23)28-15-20-19(25(28)31)2-1-3-22(20)33-16-18-6-4-17(5-7-18)14-27-10-12-32-13-11-27/h1-7,21H,8-16H2,(H,26,29,30)/i8D2,9D2,16D2. The van der Waals surface area contributed by atoms with E-state index in [1.165, 1.54) is 18.2 Å². The molecule has 0 spiro atoms. The average Bonchev–Trinajstić information content (AvgIpc) is 3.21. The van der Waals surface area contributed by atoms with Gasteiger partial charge in [-0.3, -0.25) is 24.6 Å². The van der Waals surface area contributed by atoms with Crippen LogP contribution in [0, 0.1) is 0 Å². The summed E-state index contributed by atoms with van der Waals surface area (Å²) in [5.41, 5.74) is 1.57. The lowest BCUT2D eigenvalue weighted by molar-refractivity contribution is -0.136. The van der Waals surface area contributed by atoms with E-state index in [1.54, 1.807) is 12.1 Å². The lowest BCUT2D eigenvalue weighted by Crippen LogP contribution is -2.52. The fourth-order valence-electron chi connectivity index (χ4n) is 4.07. The average molecular weight is 456 g/mol. The SMILES string of the molecule is [2H]C([2H])(Oc1cccc2c1CN(C1C(=O)NC(=O)C([2H])([2H])C1([2H])[2H])C2=O)c1ccc(CN2CCOCC2)cc1. The molecule has 8 heteroatoms. The molecule has 0 aliphatic carbocycles. The summed E-state index contributed by atoms with van der Waals surface area (Å²) in [7, 11) is 0. The first kappa shape index (κ1) is 15.6. The minimum Gasteiger partial charge on any atom is -0.489 e. The molecule has 0 bridgehead atoms. The normalized spacial score (nSPS) is 27.3. The van der Waals surface area contributed by atoms with Crippen molar-refractivity contribution in [2.45, 2.75) is 38.4 Å². The fraction of sp³-hybridized carbons (Fsp3) is 0.400. The van der Waals surface area contributed by atoms with Gasteiger partial charge in [0.15, 0.2) is 0 Å². The Balaban J connectivity index is 1.36. The van der Waals surface area contributed by atoms with Crippen LogP contribution < -0.4 is 10.1 Å². The van der Waals surface area contributed by atoms with Gasteiger partial charge in [0, 0.05) is 42.6 Å². The second kappa shape index (κ2) is 9.33. The van der Waals surface area contributed by atoms with E-state index in [9.17, 15) is 14.4 Å². The summed E-state index contributed by atoms with van der Waals surface area (Å²) >= 11 is 0. The number of nitrogens with one attached hydrogen (secondary N) is 1. The van der Waals surface area contributed by atoms with Crippen LogP contribution in [0.15, 0.2) is 42.5 Å². The largest absolute Gasteiger partial charge is 0.489 e. The quantitative estimate of drug-likeness (QED) is 0.669. The third kappa shape index (κ3) is 4.62. The molecule has 2 saturated heterocycles. The van der Waals surface area contributed by atoms with E-state index in [4.69, 9.17) is 17.7 Å². The molecule has 0 saturated carbocycles. The molecule has 33 heavy (non-hydrogen) atoms. The molecule has 172 valence electrons. The van der Waals surface area contributed by atoms with Gasteiger partial charge >= 0.3 is 0 Å². The monoisotopic (exact) mass is 455 g/mol. The lowest BCUT2D eigenvalue weighted by Gasteiger charge is -2.29. The van der Waals surface area contributed by atoms with E-state index in [-0.39, 0.29) is 29.0 Å². The number of amides is 3. The van der Waals surface area contributed by atoms with Crippen LogP contribution in [0.25, 0.3) is 0 Å². The van der Waals surface area contributed by atoms with Gasteiger partial charge in [-0.25, -0.2) is 0 Å². The Morgan fingerprint density at radius 2 is 1.85 bits per heavy atom. The summed E-state index contributed by atoms with van der Waals surface area (Å²) in [4.78, 5) is 40.9. The van der Waals surface area contributed by atoms with Crippen molar-refractivity contribution in [2.75, 3.05) is 26.3 Å². The zero-order chi connectivity index (χ0) is 28.2. The predicted octanol–water partition coefficient (Wildman–Crippen LogP) is 1.86. The Bertz CT molecular complexity index is 1310. The van der Waals surface area contributed by atoms with Crippen LogP contribution in [0.4, 0.5) is 0 Å². The van der Waals surface area contributed by atoms with Gasteiger partial charge in [0.1, 0.15) is 18.4 Å². The fourth-order valence-corrected chi connectivity index (χ4v) is 4.07. The zero-order valence-electron chi connectivity index (χ0n) is 23.8. The Kier molecular flexibility index (Phi) is 4.40. The van der Waals surface area contributed by atoms with Gasteiger partial charge in [-0.1, -0.05) is 30.3 Å². The highest BCUT2D eigenvalue weighted by molar-refractivity contribution is 6.05. The van der Waals surface area contributed by atoms with E-state index in [0.717, 1.165) is 23.6 Å². The van der Waals surface area contributed by atoms with E-state index in [1.807, 2.05) is 17.4 Å². The molecule has 3 aliphatic rings. The van der Waals surface area contributed by atoms with Crippen molar-refractivity contribution in [3.05, 3.63) is 64.7 Å². The number of morpholine rings is 1. The number of hydrogen-bond acceptors (Lipinski definition) is 6. The van der Waals surface area contributed by atoms with E-state index < -0.39 is 43.1 Å². The Hall–Kier alpha value is -3.23. The molecule has 2 aromatic rings. The minimum atomic E-state index is -3.06. The third-order valence-electron chi connectivity index (χ3n) is 5.81. The number of ether oxygens (including phenoxy) is 2. The number of piperidine rings is 1. The predicted molar refractivity (Wildman–Crippen MR) is 119 cm³/mol. The molecular weight excluding hydrogens is 422 g/mol. The van der Waals surface area contributed by atoms with Gasteiger partial charge < -0.3 is 14.4 Å². The van der Waals surface area contributed by atoms with Crippen molar-refractivity contribution in [3.63, 3.8) is 0 Å². The van der Waals surface area contributed by atoms with Gasteiger partial charge in [0.25, 0.3) is 5.91 Å². The number of carbonyl (C=O) groups excluding carboxylic acids is 3. The second-order valence-electron chi connectivity index (χ2n) is 8.00. The van der Waals surface area contributed by atoms with Crippen molar-refractivity contribution in [2.24, 2.45) is 0 Å². The van der Waals surface area contributed by atoms with Crippen LogP contribution >= 0.6 is 0 Å². The van der Waals surface area contributed by atoms with Crippen LogP contribution in [0.3, 0.4) is 0 Å². The summed E-state index contributed by atoms with van der Waals surface area (Å²) in [6.45, 7) is 1.10. The molecule has 5 rings (SSSR count). The summed E-state index contributed by atoms with van der Waals surface area (Å²) in [5, 5.41) is 1.82. The first-order valence-corrected chi connectivity index (χ1v) is 10.7. The van der Waals surface area contributed by atoms with Crippen molar-refractivity contribution in [1.82, 2.24) is 15.1 Å². The van der Waals surface area contributed by atoms with Crippen molar-refractivity contribution in [3.8, 4) is 5.75 Å². The van der Waals surface area contributed by atoms with Gasteiger partial charge in [0.2, 0.25) is 11.8 Å². The van der Waals surface area contributed by atoms with Crippen LogP contribution in [0.5, 0.6) is 5.75 Å². The van der Waals surface area contributed by atoms with Gasteiger partial charge in [-0.05, 0) is 29.6 Å². The smallest absolute Gasteiger partial charge is 0.255 e. The van der Waals surface area contributed by atoms with Crippen molar-refractivity contribution >= 4 is 17.7 Å². The maximum atomic E-state index is 13.2. The summed E-state index contributed by atoms with van der Waals surface area (Å²) in [6, 6.07) is 9.39.